The van der Waals surface area contributed by atoms with Gasteiger partial charge >= 0.3 is 0 Å². The molecule has 3 aromatic rings. The van der Waals surface area contributed by atoms with Crippen LogP contribution in [0.4, 0.5) is 4.39 Å². The predicted molar refractivity (Wildman–Crippen MR) is 127 cm³/mol. The molecule has 1 aliphatic heterocycles. The lowest BCUT2D eigenvalue weighted by atomic mass is 9.77. The van der Waals surface area contributed by atoms with Gasteiger partial charge in [0.05, 0.1) is 29.5 Å². The van der Waals surface area contributed by atoms with Crippen LogP contribution < -0.4 is 10.9 Å². The average Bonchev–Trinajstić information content (AvgIpc) is 3.19. The molecular formula is C27H26FN3O3. The van der Waals surface area contributed by atoms with E-state index in [1.165, 1.54) is 6.07 Å². The Morgan fingerprint density at radius 2 is 2.06 bits per heavy atom. The summed E-state index contributed by atoms with van der Waals surface area (Å²) in [4.78, 5) is 31.1. The van der Waals surface area contributed by atoms with E-state index in [2.05, 4.69) is 11.9 Å². The lowest BCUT2D eigenvalue weighted by Gasteiger charge is -2.32. The van der Waals surface area contributed by atoms with Gasteiger partial charge in [-0.25, -0.2) is 9.37 Å². The number of benzene rings is 1. The molecule has 6 nitrogen and oxygen atoms in total. The van der Waals surface area contributed by atoms with Crippen LogP contribution in [0.25, 0.3) is 22.3 Å². The van der Waals surface area contributed by atoms with Crippen molar-refractivity contribution in [3.8, 4) is 11.4 Å². The van der Waals surface area contributed by atoms with E-state index >= 15 is 0 Å². The molecule has 0 saturated heterocycles. The number of rotatable bonds is 3. The molecule has 0 fully saturated rings. The maximum atomic E-state index is 14.8. The van der Waals surface area contributed by atoms with E-state index in [4.69, 9.17) is 4.98 Å². The lowest BCUT2D eigenvalue weighted by Crippen LogP contribution is -2.43. The van der Waals surface area contributed by atoms with Crippen molar-refractivity contribution in [3.63, 3.8) is 0 Å². The summed E-state index contributed by atoms with van der Waals surface area (Å²) < 4.78 is 16.5. The van der Waals surface area contributed by atoms with Crippen molar-refractivity contribution < 1.29 is 14.3 Å². The standard InChI is InChI=1S/C27H26FN3O3/c1-4-27(34)17-10-21-25-16(12-31(21)26(33)15(17)7-9-22(27)32)24-19(29-5-2)8-6-14-13(3)18(28)11-20(30-25)23(14)24/h5,10-11,19,29,34H,2,4,6-9,12H2,1,3H3. The summed E-state index contributed by atoms with van der Waals surface area (Å²) in [6.45, 7) is 7.75. The van der Waals surface area contributed by atoms with Gasteiger partial charge in [0, 0.05) is 34.6 Å². The Hall–Kier alpha value is -3.32. The van der Waals surface area contributed by atoms with Crippen LogP contribution in [-0.2, 0) is 29.8 Å². The molecule has 2 atom stereocenters. The molecule has 2 aromatic heterocycles. The van der Waals surface area contributed by atoms with Gasteiger partial charge in [-0.1, -0.05) is 13.5 Å². The zero-order valence-corrected chi connectivity index (χ0v) is 19.3. The third kappa shape index (κ3) is 2.56. The highest BCUT2D eigenvalue weighted by Crippen LogP contribution is 2.46. The molecule has 2 aliphatic carbocycles. The molecule has 1 aromatic carbocycles. The summed E-state index contributed by atoms with van der Waals surface area (Å²) in [5, 5.41) is 15.5. The van der Waals surface area contributed by atoms with E-state index in [9.17, 15) is 19.1 Å². The number of Topliss-reactive ketones (excluding diaryl/α,β-unsaturated/α-hetero) is 1. The van der Waals surface area contributed by atoms with Gasteiger partial charge in [0.1, 0.15) is 11.4 Å². The zero-order valence-electron chi connectivity index (χ0n) is 19.3. The van der Waals surface area contributed by atoms with Crippen molar-refractivity contribution in [2.24, 2.45) is 0 Å². The number of carbonyl (C=O) groups is 1. The number of hydrogen-bond acceptors (Lipinski definition) is 5. The Kier molecular flexibility index (Phi) is 4.43. The molecule has 0 amide bonds. The highest BCUT2D eigenvalue weighted by atomic mass is 19.1. The maximum absolute atomic E-state index is 14.8. The monoisotopic (exact) mass is 459 g/mol. The number of hydrogen-bond donors (Lipinski definition) is 2. The Labute approximate surface area is 196 Å². The van der Waals surface area contributed by atoms with Gasteiger partial charge in [-0.3, -0.25) is 9.59 Å². The third-order valence-electron chi connectivity index (χ3n) is 8.08. The minimum atomic E-state index is -1.67. The average molecular weight is 460 g/mol. The van der Waals surface area contributed by atoms with Crippen molar-refractivity contribution >= 4 is 16.7 Å². The molecule has 0 saturated carbocycles. The lowest BCUT2D eigenvalue weighted by molar-refractivity contribution is -0.140. The largest absolute Gasteiger partial charge is 0.385 e. The van der Waals surface area contributed by atoms with Gasteiger partial charge in [-0.2, -0.15) is 0 Å². The third-order valence-corrected chi connectivity index (χ3v) is 8.08. The van der Waals surface area contributed by atoms with Crippen LogP contribution in [0.15, 0.2) is 29.7 Å². The minimum Gasteiger partial charge on any atom is -0.385 e. The van der Waals surface area contributed by atoms with E-state index in [0.29, 0.717) is 46.6 Å². The first-order valence-electron chi connectivity index (χ1n) is 11.8. The van der Waals surface area contributed by atoms with Crippen molar-refractivity contribution in [1.29, 1.82) is 0 Å². The summed E-state index contributed by atoms with van der Waals surface area (Å²) in [6, 6.07) is 3.21. The number of pyridine rings is 2. The summed E-state index contributed by atoms with van der Waals surface area (Å²) >= 11 is 0. The molecular weight excluding hydrogens is 433 g/mol. The van der Waals surface area contributed by atoms with Crippen LogP contribution in [0.5, 0.6) is 0 Å². The Morgan fingerprint density at radius 1 is 1.26 bits per heavy atom. The Morgan fingerprint density at radius 3 is 2.79 bits per heavy atom. The van der Waals surface area contributed by atoms with Gasteiger partial charge < -0.3 is 15.0 Å². The fraction of sp³-hybridized carbons (Fsp3) is 0.370. The molecule has 34 heavy (non-hydrogen) atoms. The molecule has 0 bridgehead atoms. The summed E-state index contributed by atoms with van der Waals surface area (Å²) in [5.41, 5.74) is 4.37. The van der Waals surface area contributed by atoms with E-state index in [1.807, 2.05) is 0 Å². The first-order chi connectivity index (χ1) is 16.3. The predicted octanol–water partition coefficient (Wildman–Crippen LogP) is 3.71. The number of fused-ring (bicyclic) bond motifs is 5. The van der Waals surface area contributed by atoms with Gasteiger partial charge in [0.25, 0.3) is 5.56 Å². The molecule has 3 heterocycles. The normalized spacial score (nSPS) is 22.4. The second kappa shape index (κ2) is 7.09. The van der Waals surface area contributed by atoms with Crippen molar-refractivity contribution in [2.75, 3.05) is 0 Å². The quantitative estimate of drug-likeness (QED) is 0.488. The zero-order chi connectivity index (χ0) is 23.9. The van der Waals surface area contributed by atoms with Crippen LogP contribution >= 0.6 is 0 Å². The SMILES string of the molecule is C=CNC1CCc2c(C)c(F)cc3nc4c(c1c23)Cn1c-4cc2c(c1=O)CCC(=O)C2(O)CC. The van der Waals surface area contributed by atoms with Crippen LogP contribution in [0.3, 0.4) is 0 Å². The molecule has 3 aliphatic rings. The summed E-state index contributed by atoms with van der Waals surface area (Å²) in [6.07, 6.45) is 3.85. The number of halogens is 1. The van der Waals surface area contributed by atoms with Gasteiger partial charge in [0.15, 0.2) is 5.78 Å². The van der Waals surface area contributed by atoms with Gasteiger partial charge in [-0.05, 0) is 61.6 Å². The number of nitrogens with one attached hydrogen (secondary N) is 1. The number of nitrogens with zero attached hydrogens (tertiary/aromatic N) is 2. The number of ketones is 1. The number of aliphatic hydroxyl groups is 1. The van der Waals surface area contributed by atoms with Crippen LogP contribution in [0.2, 0.25) is 0 Å². The molecule has 7 heteroatoms. The molecule has 0 spiro atoms. The van der Waals surface area contributed by atoms with Crippen molar-refractivity contribution in [1.82, 2.24) is 14.9 Å². The van der Waals surface area contributed by atoms with E-state index < -0.39 is 5.60 Å². The van der Waals surface area contributed by atoms with Gasteiger partial charge in [0.2, 0.25) is 0 Å². The van der Waals surface area contributed by atoms with Gasteiger partial charge in [-0.15, -0.1) is 0 Å². The smallest absolute Gasteiger partial charge is 0.254 e. The van der Waals surface area contributed by atoms with E-state index in [-0.39, 0.29) is 36.0 Å². The highest BCUT2D eigenvalue weighted by Gasteiger charge is 2.43. The van der Waals surface area contributed by atoms with Crippen LogP contribution in [0, 0.1) is 12.7 Å². The minimum absolute atomic E-state index is 0.0251. The van der Waals surface area contributed by atoms with Crippen molar-refractivity contribution in [3.05, 3.63) is 74.5 Å². The van der Waals surface area contributed by atoms with Crippen molar-refractivity contribution in [2.45, 2.75) is 64.1 Å². The second-order valence-corrected chi connectivity index (χ2v) is 9.62. The Bertz CT molecular complexity index is 1510. The topological polar surface area (TPSA) is 84.2 Å². The van der Waals surface area contributed by atoms with Crippen LogP contribution in [-0.4, -0.2) is 20.4 Å². The molecule has 0 radical (unpaired) electrons. The van der Waals surface area contributed by atoms with E-state index in [1.54, 1.807) is 30.7 Å². The fourth-order valence-corrected chi connectivity index (χ4v) is 6.25. The molecule has 174 valence electrons. The molecule has 6 rings (SSSR count). The molecule has 2 unspecified atom stereocenters. The summed E-state index contributed by atoms with van der Waals surface area (Å²) in [5.74, 6) is -0.549. The first-order valence-corrected chi connectivity index (χ1v) is 11.8. The fourth-order valence-electron chi connectivity index (χ4n) is 6.25. The first kappa shape index (κ1) is 21.2. The second-order valence-electron chi connectivity index (χ2n) is 9.62. The number of aryl methyl sites for hydroxylation is 1. The number of aromatic nitrogens is 2. The number of carbonyl (C=O) groups excluding carboxylic acids is 1. The summed E-state index contributed by atoms with van der Waals surface area (Å²) in [7, 11) is 0. The highest BCUT2D eigenvalue weighted by molar-refractivity contribution is 5.94. The molecule has 2 N–H and O–H groups in total. The van der Waals surface area contributed by atoms with Crippen LogP contribution in [0.1, 0.15) is 65.6 Å². The van der Waals surface area contributed by atoms with E-state index in [0.717, 1.165) is 34.9 Å². The Balaban J connectivity index is 1.69. The maximum Gasteiger partial charge on any atom is 0.254 e.